The molecule has 0 spiro atoms. The van der Waals surface area contributed by atoms with Gasteiger partial charge in [-0.3, -0.25) is 0 Å². The van der Waals surface area contributed by atoms with E-state index >= 15 is 0 Å². The Morgan fingerprint density at radius 3 is 2.48 bits per heavy atom. The molecule has 4 rings (SSSR count). The third-order valence-corrected chi connectivity index (χ3v) is 4.84. The number of rotatable bonds is 6. The van der Waals surface area contributed by atoms with Crippen LogP contribution in [0.25, 0.3) is 17.2 Å². The van der Waals surface area contributed by atoms with Crippen molar-refractivity contribution in [2.75, 3.05) is 19.5 Å². The van der Waals surface area contributed by atoms with Crippen LogP contribution in [0, 0.1) is 6.92 Å². The minimum absolute atomic E-state index is 0.550. The van der Waals surface area contributed by atoms with Gasteiger partial charge in [0.25, 0.3) is 5.78 Å². The van der Waals surface area contributed by atoms with Crippen molar-refractivity contribution in [3.8, 4) is 22.9 Å². The van der Waals surface area contributed by atoms with Crippen molar-refractivity contribution in [1.82, 2.24) is 19.6 Å². The number of fused-ring (bicyclic) bond motifs is 1. The van der Waals surface area contributed by atoms with Crippen LogP contribution < -0.4 is 14.8 Å². The minimum atomic E-state index is 0.550. The first kappa shape index (κ1) is 18.7. The van der Waals surface area contributed by atoms with E-state index < -0.39 is 0 Å². The molecule has 0 aliphatic rings. The molecule has 0 fully saturated rings. The molecule has 2 heterocycles. The lowest BCUT2D eigenvalue weighted by molar-refractivity contribution is 0.395. The molecule has 7 nitrogen and oxygen atoms in total. The second-order valence-electron chi connectivity index (χ2n) is 6.58. The van der Waals surface area contributed by atoms with Crippen molar-refractivity contribution in [3.63, 3.8) is 0 Å². The van der Waals surface area contributed by atoms with E-state index in [9.17, 15) is 0 Å². The molecule has 2 aromatic heterocycles. The summed E-state index contributed by atoms with van der Waals surface area (Å²) in [6.07, 6.45) is 0.802. The maximum atomic E-state index is 5.55. The van der Waals surface area contributed by atoms with Gasteiger partial charge in [-0.1, -0.05) is 37.3 Å². The standard InChI is InChI=1S/C22H23N5O2/c1-5-17-14(2)23-22-25-20(15-9-7-6-8-10-15)26-27(22)21(17)24-18-12-11-16(28-3)13-19(18)29-4/h6-13,24H,5H2,1-4H3. The molecule has 0 radical (unpaired) electrons. The van der Waals surface area contributed by atoms with E-state index in [1.165, 1.54) is 0 Å². The molecule has 148 valence electrons. The van der Waals surface area contributed by atoms with Gasteiger partial charge < -0.3 is 14.8 Å². The fraction of sp³-hybridized carbons (Fsp3) is 0.227. The Morgan fingerprint density at radius 1 is 1.00 bits per heavy atom. The highest BCUT2D eigenvalue weighted by molar-refractivity contribution is 5.70. The van der Waals surface area contributed by atoms with Gasteiger partial charge in [0.2, 0.25) is 0 Å². The summed E-state index contributed by atoms with van der Waals surface area (Å²) in [6.45, 7) is 4.09. The van der Waals surface area contributed by atoms with Crippen LogP contribution >= 0.6 is 0 Å². The van der Waals surface area contributed by atoms with Gasteiger partial charge in [-0.15, -0.1) is 5.10 Å². The summed E-state index contributed by atoms with van der Waals surface area (Å²) >= 11 is 0. The third kappa shape index (κ3) is 3.47. The molecular weight excluding hydrogens is 366 g/mol. The number of hydrogen-bond donors (Lipinski definition) is 1. The predicted molar refractivity (Wildman–Crippen MR) is 113 cm³/mol. The molecule has 29 heavy (non-hydrogen) atoms. The summed E-state index contributed by atoms with van der Waals surface area (Å²) in [4.78, 5) is 9.30. The van der Waals surface area contributed by atoms with Crippen molar-refractivity contribution in [3.05, 3.63) is 59.8 Å². The zero-order valence-corrected chi connectivity index (χ0v) is 16.9. The van der Waals surface area contributed by atoms with Gasteiger partial charge >= 0.3 is 0 Å². The lowest BCUT2D eigenvalue weighted by Crippen LogP contribution is -2.09. The summed E-state index contributed by atoms with van der Waals surface area (Å²) in [7, 11) is 3.27. The number of nitrogens with one attached hydrogen (secondary N) is 1. The van der Waals surface area contributed by atoms with Gasteiger partial charge in [-0.25, -0.2) is 4.98 Å². The molecule has 7 heteroatoms. The summed E-state index contributed by atoms with van der Waals surface area (Å²) < 4.78 is 12.6. The zero-order chi connectivity index (χ0) is 20.4. The number of nitrogens with zero attached hydrogens (tertiary/aromatic N) is 4. The first-order chi connectivity index (χ1) is 14.1. The predicted octanol–water partition coefficient (Wildman–Crippen LogP) is 4.42. The second kappa shape index (κ2) is 7.79. The molecule has 0 atom stereocenters. The van der Waals surface area contributed by atoms with Crippen molar-refractivity contribution >= 4 is 17.3 Å². The molecule has 4 aromatic rings. The van der Waals surface area contributed by atoms with Gasteiger partial charge in [-0.05, 0) is 25.5 Å². The number of anilines is 2. The highest BCUT2D eigenvalue weighted by Crippen LogP contribution is 2.33. The van der Waals surface area contributed by atoms with Gasteiger partial charge in [-0.2, -0.15) is 9.50 Å². The van der Waals surface area contributed by atoms with E-state index in [1.54, 1.807) is 18.7 Å². The number of aryl methyl sites for hydroxylation is 1. The summed E-state index contributed by atoms with van der Waals surface area (Å²) in [5.74, 6) is 3.42. The maximum Gasteiger partial charge on any atom is 0.254 e. The van der Waals surface area contributed by atoms with Crippen molar-refractivity contribution in [2.45, 2.75) is 20.3 Å². The minimum Gasteiger partial charge on any atom is -0.497 e. The van der Waals surface area contributed by atoms with Crippen LogP contribution in [0.15, 0.2) is 48.5 Å². The van der Waals surface area contributed by atoms with E-state index in [4.69, 9.17) is 14.6 Å². The van der Waals surface area contributed by atoms with Gasteiger partial charge in [0.15, 0.2) is 5.82 Å². The van der Waals surface area contributed by atoms with Gasteiger partial charge in [0, 0.05) is 22.9 Å². The molecule has 0 bridgehead atoms. The zero-order valence-electron chi connectivity index (χ0n) is 16.9. The average Bonchev–Trinajstić information content (AvgIpc) is 3.18. The van der Waals surface area contributed by atoms with Gasteiger partial charge in [0.1, 0.15) is 17.3 Å². The quantitative estimate of drug-likeness (QED) is 0.526. The lowest BCUT2D eigenvalue weighted by atomic mass is 10.1. The van der Waals surface area contributed by atoms with E-state index in [0.717, 1.165) is 40.5 Å². The molecule has 0 aliphatic heterocycles. The Bertz CT molecular complexity index is 1160. The molecule has 0 saturated carbocycles. The monoisotopic (exact) mass is 389 g/mol. The second-order valence-corrected chi connectivity index (χ2v) is 6.58. The number of ether oxygens (including phenoxy) is 2. The molecule has 0 aliphatic carbocycles. The normalized spacial score (nSPS) is 10.9. The van der Waals surface area contributed by atoms with Crippen LogP contribution in [-0.2, 0) is 6.42 Å². The van der Waals surface area contributed by atoms with Gasteiger partial charge in [0.05, 0.1) is 19.9 Å². The Balaban J connectivity index is 1.87. The van der Waals surface area contributed by atoms with Crippen LogP contribution in [0.5, 0.6) is 11.5 Å². The molecule has 0 amide bonds. The number of hydrogen-bond acceptors (Lipinski definition) is 6. The summed E-state index contributed by atoms with van der Waals surface area (Å²) in [5.41, 5.74) is 3.75. The first-order valence-corrected chi connectivity index (χ1v) is 9.45. The number of aromatic nitrogens is 4. The van der Waals surface area contributed by atoms with Crippen molar-refractivity contribution in [2.24, 2.45) is 0 Å². The van der Waals surface area contributed by atoms with E-state index in [1.807, 2.05) is 55.5 Å². The van der Waals surface area contributed by atoms with E-state index in [0.29, 0.717) is 17.4 Å². The lowest BCUT2D eigenvalue weighted by Gasteiger charge is -2.16. The topological polar surface area (TPSA) is 73.6 Å². The Kier molecular flexibility index (Phi) is 5.03. The average molecular weight is 389 g/mol. The van der Waals surface area contributed by atoms with Crippen LogP contribution in [0.4, 0.5) is 11.5 Å². The smallest absolute Gasteiger partial charge is 0.254 e. The van der Waals surface area contributed by atoms with Crippen molar-refractivity contribution in [1.29, 1.82) is 0 Å². The third-order valence-electron chi connectivity index (χ3n) is 4.84. The fourth-order valence-electron chi connectivity index (χ4n) is 3.33. The Hall–Kier alpha value is -3.61. The SMILES string of the molecule is CCc1c(C)nc2nc(-c3ccccc3)nn2c1Nc1ccc(OC)cc1OC. The van der Waals surface area contributed by atoms with E-state index in [-0.39, 0.29) is 0 Å². The van der Waals surface area contributed by atoms with Crippen LogP contribution in [0.1, 0.15) is 18.2 Å². The summed E-state index contributed by atoms with van der Waals surface area (Å²) in [5, 5.41) is 8.22. The largest absolute Gasteiger partial charge is 0.497 e. The van der Waals surface area contributed by atoms with Crippen LogP contribution in [0.2, 0.25) is 0 Å². The molecule has 0 saturated heterocycles. The molecule has 2 aromatic carbocycles. The first-order valence-electron chi connectivity index (χ1n) is 9.45. The summed E-state index contributed by atoms with van der Waals surface area (Å²) in [6, 6.07) is 15.5. The number of methoxy groups -OCH3 is 2. The number of benzene rings is 2. The maximum absolute atomic E-state index is 5.55. The van der Waals surface area contributed by atoms with Crippen molar-refractivity contribution < 1.29 is 9.47 Å². The Morgan fingerprint density at radius 2 is 1.79 bits per heavy atom. The van der Waals surface area contributed by atoms with E-state index in [2.05, 4.69) is 22.2 Å². The highest BCUT2D eigenvalue weighted by atomic mass is 16.5. The van der Waals surface area contributed by atoms with Crippen LogP contribution in [0.3, 0.4) is 0 Å². The molecule has 0 unspecified atom stereocenters. The molecular formula is C22H23N5O2. The fourth-order valence-corrected chi connectivity index (χ4v) is 3.33. The van der Waals surface area contributed by atoms with Crippen LogP contribution in [-0.4, -0.2) is 33.8 Å². The molecule has 1 N–H and O–H groups in total. The highest BCUT2D eigenvalue weighted by Gasteiger charge is 2.18. The Labute approximate surface area is 169 Å².